The van der Waals surface area contributed by atoms with E-state index in [9.17, 15) is 9.59 Å². The van der Waals surface area contributed by atoms with Crippen molar-refractivity contribution in [3.8, 4) is 0 Å². The van der Waals surface area contributed by atoms with E-state index >= 15 is 0 Å². The van der Waals surface area contributed by atoms with Gasteiger partial charge in [-0.3, -0.25) is 14.2 Å². The Labute approximate surface area is 156 Å². The summed E-state index contributed by atoms with van der Waals surface area (Å²) >= 11 is 1.27. The van der Waals surface area contributed by atoms with E-state index in [-0.39, 0.29) is 23.3 Å². The molecule has 0 aliphatic carbocycles. The lowest BCUT2D eigenvalue weighted by Gasteiger charge is -2.16. The lowest BCUT2D eigenvalue weighted by Crippen LogP contribution is -2.31. The normalized spacial score (nSPS) is 16.9. The fraction of sp³-hybridized carbons (Fsp3) is 0.500. The molecule has 1 aliphatic heterocycles. The number of benzene rings is 1. The molecule has 1 amide bonds. The van der Waals surface area contributed by atoms with Crippen molar-refractivity contribution < 1.29 is 14.3 Å². The first-order valence-electron chi connectivity index (χ1n) is 8.68. The van der Waals surface area contributed by atoms with Crippen LogP contribution in [0.15, 0.2) is 34.2 Å². The summed E-state index contributed by atoms with van der Waals surface area (Å²) in [7, 11) is 1.59. The van der Waals surface area contributed by atoms with E-state index in [1.54, 1.807) is 17.7 Å². The van der Waals surface area contributed by atoms with Crippen LogP contribution in [0.4, 0.5) is 0 Å². The van der Waals surface area contributed by atoms with Crippen LogP contribution < -0.4 is 10.9 Å². The van der Waals surface area contributed by atoms with Gasteiger partial charge in [0.05, 0.1) is 35.9 Å². The molecule has 26 heavy (non-hydrogen) atoms. The summed E-state index contributed by atoms with van der Waals surface area (Å²) < 4.78 is 12.2. The maximum atomic E-state index is 12.9. The maximum Gasteiger partial charge on any atom is 0.262 e. The van der Waals surface area contributed by atoms with Crippen molar-refractivity contribution in [3.05, 3.63) is 34.6 Å². The van der Waals surface area contributed by atoms with Crippen molar-refractivity contribution in [2.45, 2.75) is 30.6 Å². The number of para-hydroxylation sites is 1. The highest BCUT2D eigenvalue weighted by Gasteiger charge is 2.20. The number of aromatic nitrogens is 2. The second-order valence-corrected chi connectivity index (χ2v) is 7.04. The number of hydrogen-bond donors (Lipinski definition) is 1. The molecule has 2 aromatic rings. The van der Waals surface area contributed by atoms with Crippen LogP contribution in [-0.4, -0.2) is 54.2 Å². The average molecular weight is 377 g/mol. The van der Waals surface area contributed by atoms with Crippen molar-refractivity contribution in [3.63, 3.8) is 0 Å². The predicted octanol–water partition coefficient (Wildman–Crippen LogP) is 1.43. The molecule has 0 spiro atoms. The Bertz CT molecular complexity index is 818. The number of fused-ring (bicyclic) bond motifs is 1. The summed E-state index contributed by atoms with van der Waals surface area (Å²) in [6.45, 7) is 2.12. The first-order valence-corrected chi connectivity index (χ1v) is 9.67. The highest BCUT2D eigenvalue weighted by Crippen LogP contribution is 2.20. The number of carbonyl (C=O) groups excluding carboxylic acids is 1. The van der Waals surface area contributed by atoms with Gasteiger partial charge in [-0.05, 0) is 25.0 Å². The standard InChI is InChI=1S/C18H23N3O4S/c1-24-10-8-19-16(22)12-26-18-20-15-7-3-2-6-14(15)17(23)21(18)11-13-5-4-9-25-13/h2-3,6-7,13H,4-5,8-12H2,1H3,(H,19,22)/t13-/m0/s1. The number of thioether (sulfide) groups is 1. The molecule has 1 N–H and O–H groups in total. The molecule has 140 valence electrons. The quantitative estimate of drug-likeness (QED) is 0.426. The molecule has 0 saturated carbocycles. The fourth-order valence-corrected chi connectivity index (χ4v) is 3.72. The lowest BCUT2D eigenvalue weighted by atomic mass is 10.2. The van der Waals surface area contributed by atoms with Crippen LogP contribution in [0.3, 0.4) is 0 Å². The highest BCUT2D eigenvalue weighted by atomic mass is 32.2. The van der Waals surface area contributed by atoms with Crippen LogP contribution in [0.25, 0.3) is 10.9 Å². The largest absolute Gasteiger partial charge is 0.383 e. The molecule has 8 heteroatoms. The summed E-state index contributed by atoms with van der Waals surface area (Å²) in [5.74, 6) is 0.0816. The van der Waals surface area contributed by atoms with E-state index in [0.717, 1.165) is 19.4 Å². The summed E-state index contributed by atoms with van der Waals surface area (Å²) in [6, 6.07) is 7.28. The minimum Gasteiger partial charge on any atom is -0.383 e. The van der Waals surface area contributed by atoms with Gasteiger partial charge >= 0.3 is 0 Å². The molecule has 1 atom stereocenters. The maximum absolute atomic E-state index is 12.9. The van der Waals surface area contributed by atoms with Crippen molar-refractivity contribution in [1.82, 2.24) is 14.9 Å². The first-order chi connectivity index (χ1) is 12.7. The van der Waals surface area contributed by atoms with E-state index in [0.29, 0.717) is 35.8 Å². The number of nitrogens with one attached hydrogen (secondary N) is 1. The van der Waals surface area contributed by atoms with Crippen LogP contribution in [0.2, 0.25) is 0 Å². The highest BCUT2D eigenvalue weighted by molar-refractivity contribution is 7.99. The predicted molar refractivity (Wildman–Crippen MR) is 101 cm³/mol. The van der Waals surface area contributed by atoms with Gasteiger partial charge in [-0.2, -0.15) is 0 Å². The molecule has 7 nitrogen and oxygen atoms in total. The molecule has 1 fully saturated rings. The zero-order valence-corrected chi connectivity index (χ0v) is 15.6. The second-order valence-electron chi connectivity index (χ2n) is 6.09. The molecule has 1 aromatic heterocycles. The summed E-state index contributed by atoms with van der Waals surface area (Å²) in [6.07, 6.45) is 1.96. The molecular weight excluding hydrogens is 354 g/mol. The Morgan fingerprint density at radius 3 is 3.08 bits per heavy atom. The van der Waals surface area contributed by atoms with Crippen LogP contribution in [0, 0.1) is 0 Å². The van der Waals surface area contributed by atoms with Crippen LogP contribution in [-0.2, 0) is 20.8 Å². The summed E-state index contributed by atoms with van der Waals surface area (Å²) in [5, 5.41) is 3.90. The Morgan fingerprint density at radius 2 is 2.31 bits per heavy atom. The van der Waals surface area contributed by atoms with Gasteiger partial charge in [0.25, 0.3) is 5.56 Å². The van der Waals surface area contributed by atoms with Gasteiger partial charge in [0.1, 0.15) is 0 Å². The van der Waals surface area contributed by atoms with Gasteiger partial charge in [-0.1, -0.05) is 23.9 Å². The molecule has 1 aromatic carbocycles. The molecule has 3 rings (SSSR count). The Balaban J connectivity index is 1.81. The minimum absolute atomic E-state index is 0.0190. The molecule has 0 radical (unpaired) electrons. The van der Waals surface area contributed by atoms with Crippen molar-refractivity contribution in [1.29, 1.82) is 0 Å². The van der Waals surface area contributed by atoms with E-state index in [1.165, 1.54) is 11.8 Å². The van der Waals surface area contributed by atoms with Crippen molar-refractivity contribution in [2.75, 3.05) is 32.6 Å². The smallest absolute Gasteiger partial charge is 0.262 e. The Hall–Kier alpha value is -1.90. The van der Waals surface area contributed by atoms with Gasteiger partial charge in [-0.25, -0.2) is 4.98 Å². The van der Waals surface area contributed by atoms with E-state index in [2.05, 4.69) is 10.3 Å². The molecular formula is C18H23N3O4S. The third-order valence-electron chi connectivity index (χ3n) is 4.20. The van der Waals surface area contributed by atoms with Gasteiger partial charge in [0.15, 0.2) is 5.16 Å². The summed E-state index contributed by atoms with van der Waals surface area (Å²) in [4.78, 5) is 29.5. The number of methoxy groups -OCH3 is 1. The van der Waals surface area contributed by atoms with E-state index in [4.69, 9.17) is 9.47 Å². The third-order valence-corrected chi connectivity index (χ3v) is 5.17. The van der Waals surface area contributed by atoms with Gasteiger partial charge in [0, 0.05) is 20.3 Å². The first kappa shape index (κ1) is 18.9. The lowest BCUT2D eigenvalue weighted by molar-refractivity contribution is -0.118. The average Bonchev–Trinajstić information content (AvgIpc) is 3.16. The second kappa shape index (κ2) is 9.16. The van der Waals surface area contributed by atoms with Crippen LogP contribution in [0.5, 0.6) is 0 Å². The topological polar surface area (TPSA) is 82.5 Å². The SMILES string of the molecule is COCCNC(=O)CSc1nc2ccccc2c(=O)n1C[C@@H]1CCCO1. The Morgan fingerprint density at radius 1 is 1.46 bits per heavy atom. The number of nitrogens with zero attached hydrogens (tertiary/aromatic N) is 2. The summed E-state index contributed by atoms with van der Waals surface area (Å²) in [5.41, 5.74) is 0.553. The van der Waals surface area contributed by atoms with Gasteiger partial charge in [-0.15, -0.1) is 0 Å². The van der Waals surface area contributed by atoms with Crippen molar-refractivity contribution >= 4 is 28.6 Å². The van der Waals surface area contributed by atoms with E-state index in [1.807, 2.05) is 18.2 Å². The number of rotatable bonds is 8. The molecule has 0 unspecified atom stereocenters. The molecule has 1 saturated heterocycles. The molecule has 0 bridgehead atoms. The number of carbonyl (C=O) groups is 1. The fourth-order valence-electron chi connectivity index (χ4n) is 2.88. The van der Waals surface area contributed by atoms with Crippen molar-refractivity contribution in [2.24, 2.45) is 0 Å². The number of amides is 1. The van der Waals surface area contributed by atoms with Crippen LogP contribution in [0.1, 0.15) is 12.8 Å². The minimum atomic E-state index is -0.113. The van der Waals surface area contributed by atoms with Gasteiger partial charge < -0.3 is 14.8 Å². The molecule has 1 aliphatic rings. The zero-order chi connectivity index (χ0) is 18.4. The number of hydrogen-bond acceptors (Lipinski definition) is 6. The third kappa shape index (κ3) is 4.63. The van der Waals surface area contributed by atoms with Crippen LogP contribution >= 0.6 is 11.8 Å². The monoisotopic (exact) mass is 377 g/mol. The van der Waals surface area contributed by atoms with E-state index < -0.39 is 0 Å². The Kier molecular flexibility index (Phi) is 6.65. The molecule has 2 heterocycles. The van der Waals surface area contributed by atoms with Gasteiger partial charge in [0.2, 0.25) is 5.91 Å². The number of ether oxygens (including phenoxy) is 2. The zero-order valence-electron chi connectivity index (χ0n) is 14.8.